The number of hydrogen-bond acceptors (Lipinski definition) is 3. The molecule has 0 saturated heterocycles. The number of aromatic nitrogens is 2. The van der Waals surface area contributed by atoms with Crippen LogP contribution >= 0.6 is 0 Å². The lowest BCUT2D eigenvalue weighted by Crippen LogP contribution is -2.41. The van der Waals surface area contributed by atoms with Gasteiger partial charge in [-0.25, -0.2) is 0 Å². The summed E-state index contributed by atoms with van der Waals surface area (Å²) in [6.45, 7) is 6.66. The average Bonchev–Trinajstić information content (AvgIpc) is 3.34. The van der Waals surface area contributed by atoms with Crippen LogP contribution < -0.4 is 0 Å². The van der Waals surface area contributed by atoms with Crippen molar-refractivity contribution in [3.8, 4) is 22.3 Å². The zero-order valence-electron chi connectivity index (χ0n) is 18.4. The fourth-order valence-electron chi connectivity index (χ4n) is 4.53. The Morgan fingerprint density at radius 1 is 1.03 bits per heavy atom. The molecule has 4 rings (SSSR count). The van der Waals surface area contributed by atoms with Gasteiger partial charge in [-0.05, 0) is 52.6 Å². The SMILES string of the molecule is CCC(C)(CC)Cn1cc(-c2cc(CO)c3c(c2)C(O)(C(F)(F)F)c2ccccc2-3)cn1. The third-order valence-electron chi connectivity index (χ3n) is 6.99. The van der Waals surface area contributed by atoms with E-state index in [0.717, 1.165) is 12.8 Å². The quantitative estimate of drug-likeness (QED) is 0.517. The second-order valence-electron chi connectivity index (χ2n) is 8.91. The van der Waals surface area contributed by atoms with Gasteiger partial charge >= 0.3 is 6.18 Å². The van der Waals surface area contributed by atoms with Gasteiger partial charge in [-0.2, -0.15) is 18.3 Å². The van der Waals surface area contributed by atoms with Crippen molar-refractivity contribution in [2.24, 2.45) is 5.41 Å². The zero-order chi connectivity index (χ0) is 23.3. The molecule has 2 N–H and O–H groups in total. The van der Waals surface area contributed by atoms with E-state index in [4.69, 9.17) is 0 Å². The van der Waals surface area contributed by atoms with E-state index in [1.165, 1.54) is 18.2 Å². The van der Waals surface area contributed by atoms with Gasteiger partial charge in [-0.3, -0.25) is 4.68 Å². The van der Waals surface area contributed by atoms with Crippen LogP contribution in [0, 0.1) is 5.41 Å². The first kappa shape index (κ1) is 22.6. The van der Waals surface area contributed by atoms with E-state index < -0.39 is 18.4 Å². The second kappa shape index (κ2) is 7.74. The fraction of sp³-hybridized carbons (Fsp3) is 0.400. The number of aliphatic hydroxyl groups excluding tert-OH is 1. The van der Waals surface area contributed by atoms with Crippen molar-refractivity contribution in [1.29, 1.82) is 0 Å². The maximum atomic E-state index is 14.2. The molecule has 1 aromatic heterocycles. The van der Waals surface area contributed by atoms with Gasteiger partial charge in [0.2, 0.25) is 5.60 Å². The van der Waals surface area contributed by atoms with Crippen LogP contribution in [0.4, 0.5) is 13.2 Å². The molecule has 1 aliphatic carbocycles. The Balaban J connectivity index is 1.87. The fourth-order valence-corrected chi connectivity index (χ4v) is 4.53. The molecule has 0 aliphatic heterocycles. The molecule has 0 bridgehead atoms. The van der Waals surface area contributed by atoms with Crippen LogP contribution in [0.3, 0.4) is 0 Å². The molecule has 1 heterocycles. The maximum Gasteiger partial charge on any atom is 0.425 e. The van der Waals surface area contributed by atoms with Crippen molar-refractivity contribution in [2.45, 2.75) is 58.5 Å². The number of rotatable bonds is 6. The van der Waals surface area contributed by atoms with E-state index >= 15 is 0 Å². The number of nitrogens with zero attached hydrogens (tertiary/aromatic N) is 2. The van der Waals surface area contributed by atoms with E-state index in [1.54, 1.807) is 35.3 Å². The van der Waals surface area contributed by atoms with Crippen LogP contribution in [-0.2, 0) is 18.8 Å². The van der Waals surface area contributed by atoms with Crippen LogP contribution in [0.15, 0.2) is 48.8 Å². The molecule has 32 heavy (non-hydrogen) atoms. The molecule has 2 aromatic carbocycles. The number of halogens is 3. The summed E-state index contributed by atoms with van der Waals surface area (Å²) in [5.41, 5.74) is -1.57. The van der Waals surface area contributed by atoms with Crippen molar-refractivity contribution < 1.29 is 23.4 Å². The minimum atomic E-state index is -4.92. The lowest BCUT2D eigenvalue weighted by Gasteiger charge is -2.28. The monoisotopic (exact) mass is 444 g/mol. The highest BCUT2D eigenvalue weighted by Gasteiger charge is 2.61. The lowest BCUT2D eigenvalue weighted by atomic mass is 9.85. The van der Waals surface area contributed by atoms with Crippen molar-refractivity contribution in [3.05, 3.63) is 65.5 Å². The Bertz CT molecular complexity index is 1150. The van der Waals surface area contributed by atoms with Gasteiger partial charge in [-0.15, -0.1) is 0 Å². The van der Waals surface area contributed by atoms with Gasteiger partial charge < -0.3 is 10.2 Å². The Kier molecular flexibility index (Phi) is 5.46. The molecule has 1 atom stereocenters. The first-order valence-electron chi connectivity index (χ1n) is 10.8. The Morgan fingerprint density at radius 2 is 1.72 bits per heavy atom. The van der Waals surface area contributed by atoms with E-state index in [-0.39, 0.29) is 27.7 Å². The normalized spacial score (nSPS) is 18.0. The Morgan fingerprint density at radius 3 is 2.34 bits per heavy atom. The third-order valence-corrected chi connectivity index (χ3v) is 6.99. The van der Waals surface area contributed by atoms with E-state index in [2.05, 4.69) is 25.9 Å². The van der Waals surface area contributed by atoms with Crippen LogP contribution in [0.1, 0.15) is 50.3 Å². The highest BCUT2D eigenvalue weighted by Crippen LogP contribution is 2.56. The first-order chi connectivity index (χ1) is 15.1. The van der Waals surface area contributed by atoms with Gasteiger partial charge in [-0.1, -0.05) is 45.0 Å². The Hall–Kier alpha value is -2.64. The molecule has 1 aliphatic rings. The lowest BCUT2D eigenvalue weighted by molar-refractivity contribution is -0.246. The molecule has 0 radical (unpaired) electrons. The molecule has 4 nitrogen and oxygen atoms in total. The maximum absolute atomic E-state index is 14.2. The summed E-state index contributed by atoms with van der Waals surface area (Å²) in [6, 6.07) is 8.99. The molecule has 0 amide bonds. The number of hydrogen-bond donors (Lipinski definition) is 2. The summed E-state index contributed by atoms with van der Waals surface area (Å²) in [5.74, 6) is 0. The topological polar surface area (TPSA) is 58.3 Å². The number of alkyl halides is 3. The predicted octanol–water partition coefficient (Wildman–Crippen LogP) is 5.65. The van der Waals surface area contributed by atoms with Crippen molar-refractivity contribution in [2.75, 3.05) is 0 Å². The van der Waals surface area contributed by atoms with E-state index in [9.17, 15) is 23.4 Å². The number of fused-ring (bicyclic) bond motifs is 3. The van der Waals surface area contributed by atoms with E-state index in [1.807, 2.05) is 0 Å². The van der Waals surface area contributed by atoms with Crippen LogP contribution in [0.5, 0.6) is 0 Å². The van der Waals surface area contributed by atoms with E-state index in [0.29, 0.717) is 23.2 Å². The number of benzene rings is 2. The summed E-state index contributed by atoms with van der Waals surface area (Å²) in [5, 5.41) is 25.4. The molecule has 0 fully saturated rings. The highest BCUT2D eigenvalue weighted by atomic mass is 19.4. The highest BCUT2D eigenvalue weighted by molar-refractivity contribution is 5.86. The van der Waals surface area contributed by atoms with Crippen LogP contribution in [-0.4, -0.2) is 26.2 Å². The molecule has 7 heteroatoms. The standard InChI is InChI=1S/C25H27F3N2O2/c1-4-23(3,5-2)15-30-13-18(12-29-30)16-10-17(14-31)22-19-8-6-7-9-20(19)24(32,21(22)11-16)25(26,27)28/h6-13,31-32H,4-5,14-15H2,1-3H3. The minimum absolute atomic E-state index is 0.0651. The second-order valence-corrected chi connectivity index (χ2v) is 8.91. The Labute approximate surface area is 185 Å². The average molecular weight is 444 g/mol. The summed E-state index contributed by atoms with van der Waals surface area (Å²) in [4.78, 5) is 0. The summed E-state index contributed by atoms with van der Waals surface area (Å²) >= 11 is 0. The van der Waals surface area contributed by atoms with Gasteiger partial charge in [0.05, 0.1) is 12.8 Å². The molecule has 0 spiro atoms. The first-order valence-corrected chi connectivity index (χ1v) is 10.8. The van der Waals surface area contributed by atoms with Gasteiger partial charge in [0.25, 0.3) is 0 Å². The molecule has 0 saturated carbocycles. The number of aliphatic hydroxyl groups is 2. The smallest absolute Gasteiger partial charge is 0.392 e. The summed E-state index contributed by atoms with van der Waals surface area (Å²) in [6.07, 6.45) is 0.449. The molecule has 3 aromatic rings. The van der Waals surface area contributed by atoms with Gasteiger partial charge in [0.15, 0.2) is 0 Å². The molecule has 170 valence electrons. The molecular weight excluding hydrogens is 417 g/mol. The van der Waals surface area contributed by atoms with Crippen molar-refractivity contribution >= 4 is 0 Å². The van der Waals surface area contributed by atoms with Crippen molar-refractivity contribution in [3.63, 3.8) is 0 Å². The zero-order valence-corrected chi connectivity index (χ0v) is 18.4. The van der Waals surface area contributed by atoms with Crippen molar-refractivity contribution in [1.82, 2.24) is 9.78 Å². The minimum Gasteiger partial charge on any atom is -0.392 e. The summed E-state index contributed by atoms with van der Waals surface area (Å²) in [7, 11) is 0. The molecular formula is C25H27F3N2O2. The largest absolute Gasteiger partial charge is 0.425 e. The summed E-state index contributed by atoms with van der Waals surface area (Å²) < 4.78 is 44.4. The van der Waals surface area contributed by atoms with Crippen LogP contribution in [0.25, 0.3) is 22.3 Å². The molecule has 1 unspecified atom stereocenters. The predicted molar refractivity (Wildman–Crippen MR) is 117 cm³/mol. The van der Waals surface area contributed by atoms with Crippen LogP contribution in [0.2, 0.25) is 0 Å². The van der Waals surface area contributed by atoms with Gasteiger partial charge in [0, 0.05) is 29.4 Å². The van der Waals surface area contributed by atoms with Gasteiger partial charge in [0.1, 0.15) is 0 Å². The third kappa shape index (κ3) is 3.35.